The van der Waals surface area contributed by atoms with E-state index in [1.54, 1.807) is 5.57 Å². The molecular weight excluding hydrogens is 356 g/mol. The van der Waals surface area contributed by atoms with Gasteiger partial charge in [-0.25, -0.2) is 0 Å². The van der Waals surface area contributed by atoms with Crippen molar-refractivity contribution in [3.63, 3.8) is 0 Å². The number of methoxy groups -OCH3 is 1. The molecule has 3 fully saturated rings. The highest BCUT2D eigenvalue weighted by molar-refractivity contribution is 5.68. The van der Waals surface area contributed by atoms with Crippen LogP contribution in [-0.2, 0) is 9.53 Å². The lowest BCUT2D eigenvalue weighted by Crippen LogP contribution is -2.36. The quantitative estimate of drug-likeness (QED) is 0.435. The van der Waals surface area contributed by atoms with E-state index in [4.69, 9.17) is 4.74 Å². The molecular formula is C27H42O2. The normalized spacial score (nSPS) is 36.3. The van der Waals surface area contributed by atoms with Crippen LogP contribution < -0.4 is 0 Å². The van der Waals surface area contributed by atoms with Crippen molar-refractivity contribution in [2.24, 2.45) is 29.1 Å². The number of hydrogen-bond acceptors (Lipinski definition) is 2. The lowest BCUT2D eigenvalue weighted by atomic mass is 9.60. The first kappa shape index (κ1) is 22.4. The van der Waals surface area contributed by atoms with Gasteiger partial charge in [-0.3, -0.25) is 4.79 Å². The highest BCUT2D eigenvalue weighted by Gasteiger charge is 2.50. The average molecular weight is 399 g/mol. The van der Waals surface area contributed by atoms with Crippen molar-refractivity contribution < 1.29 is 9.53 Å². The lowest BCUT2D eigenvalue weighted by Gasteiger charge is -2.44. The Morgan fingerprint density at radius 3 is 2.83 bits per heavy atom. The molecule has 3 rings (SSSR count). The maximum atomic E-state index is 11.5. The fourth-order valence-corrected chi connectivity index (χ4v) is 6.68. The SMILES string of the molecule is C=C1CCC(C)CC1=CC=C1CCCC2(C)C1CCC2C(C)CCCC(=O)OC. The van der Waals surface area contributed by atoms with Crippen LogP contribution in [0.1, 0.15) is 91.4 Å². The van der Waals surface area contributed by atoms with Crippen molar-refractivity contribution in [2.75, 3.05) is 7.11 Å². The summed E-state index contributed by atoms with van der Waals surface area (Å²) in [4.78, 5) is 11.5. The van der Waals surface area contributed by atoms with E-state index in [9.17, 15) is 4.79 Å². The summed E-state index contributed by atoms with van der Waals surface area (Å²) in [6.07, 6.45) is 17.9. The Hall–Kier alpha value is -1.31. The van der Waals surface area contributed by atoms with Gasteiger partial charge in [0.15, 0.2) is 0 Å². The third kappa shape index (κ3) is 5.06. The zero-order valence-electron chi connectivity index (χ0n) is 19.3. The Kier molecular flexibility index (Phi) is 7.46. The van der Waals surface area contributed by atoms with E-state index >= 15 is 0 Å². The van der Waals surface area contributed by atoms with Crippen LogP contribution in [0.2, 0.25) is 0 Å². The van der Waals surface area contributed by atoms with Gasteiger partial charge >= 0.3 is 5.97 Å². The maximum absolute atomic E-state index is 11.5. The minimum atomic E-state index is -0.0674. The van der Waals surface area contributed by atoms with Crippen LogP contribution >= 0.6 is 0 Å². The van der Waals surface area contributed by atoms with Crippen LogP contribution in [0.25, 0.3) is 0 Å². The molecule has 0 bridgehead atoms. The number of carbonyl (C=O) groups excluding carboxylic acids is 1. The largest absolute Gasteiger partial charge is 0.469 e. The minimum absolute atomic E-state index is 0.0674. The maximum Gasteiger partial charge on any atom is 0.305 e. The first-order chi connectivity index (χ1) is 13.8. The van der Waals surface area contributed by atoms with Crippen molar-refractivity contribution in [3.8, 4) is 0 Å². The van der Waals surface area contributed by atoms with E-state index in [0.29, 0.717) is 17.8 Å². The molecule has 3 saturated carbocycles. The summed E-state index contributed by atoms with van der Waals surface area (Å²) in [6.45, 7) is 11.7. The third-order valence-electron chi connectivity index (χ3n) is 8.45. The number of hydrogen-bond donors (Lipinski definition) is 0. The average Bonchev–Trinajstić information content (AvgIpc) is 3.06. The highest BCUT2D eigenvalue weighted by atomic mass is 16.5. The summed E-state index contributed by atoms with van der Waals surface area (Å²) in [6, 6.07) is 0. The molecule has 0 aromatic rings. The van der Waals surface area contributed by atoms with E-state index in [2.05, 4.69) is 39.5 Å². The van der Waals surface area contributed by atoms with Gasteiger partial charge in [0.05, 0.1) is 7.11 Å². The van der Waals surface area contributed by atoms with Crippen molar-refractivity contribution in [3.05, 3.63) is 35.5 Å². The number of allylic oxidation sites excluding steroid dienone is 5. The Morgan fingerprint density at radius 2 is 2.07 bits per heavy atom. The fraction of sp³-hybridized carbons (Fsp3) is 0.741. The van der Waals surface area contributed by atoms with E-state index in [1.807, 2.05) is 0 Å². The number of rotatable bonds is 6. The predicted octanol–water partition coefficient (Wildman–Crippen LogP) is 7.41. The Labute approximate surface area is 178 Å². The molecule has 5 unspecified atom stereocenters. The Bertz CT molecular complexity index is 670. The van der Waals surface area contributed by atoms with Gasteiger partial charge in [-0.1, -0.05) is 50.6 Å². The second-order valence-corrected chi connectivity index (χ2v) is 10.4. The molecule has 0 amide bonds. The molecule has 29 heavy (non-hydrogen) atoms. The molecule has 3 aliphatic rings. The third-order valence-corrected chi connectivity index (χ3v) is 8.45. The van der Waals surface area contributed by atoms with Crippen molar-refractivity contribution >= 4 is 5.97 Å². The molecule has 162 valence electrons. The second kappa shape index (κ2) is 9.67. The zero-order valence-corrected chi connectivity index (χ0v) is 19.3. The van der Waals surface area contributed by atoms with E-state index in [0.717, 1.165) is 30.6 Å². The molecule has 0 aromatic heterocycles. The van der Waals surface area contributed by atoms with Crippen LogP contribution in [0.3, 0.4) is 0 Å². The van der Waals surface area contributed by atoms with E-state index in [1.165, 1.54) is 69.6 Å². The number of ether oxygens (including phenoxy) is 1. The molecule has 0 aliphatic heterocycles. The molecule has 0 heterocycles. The Balaban J connectivity index is 1.68. The van der Waals surface area contributed by atoms with E-state index < -0.39 is 0 Å². The molecule has 0 saturated heterocycles. The second-order valence-electron chi connectivity index (χ2n) is 10.4. The molecule has 0 aromatic carbocycles. The first-order valence-corrected chi connectivity index (χ1v) is 12.0. The molecule has 0 N–H and O–H groups in total. The van der Waals surface area contributed by atoms with E-state index in [-0.39, 0.29) is 5.97 Å². The topological polar surface area (TPSA) is 26.3 Å². The number of carbonyl (C=O) groups is 1. The highest BCUT2D eigenvalue weighted by Crippen LogP contribution is 2.59. The fourth-order valence-electron chi connectivity index (χ4n) is 6.68. The zero-order chi connectivity index (χ0) is 21.0. The van der Waals surface area contributed by atoms with Gasteiger partial charge in [-0.2, -0.15) is 0 Å². The molecule has 3 aliphatic carbocycles. The minimum Gasteiger partial charge on any atom is -0.469 e. The van der Waals surface area contributed by atoms with Gasteiger partial charge in [0, 0.05) is 6.42 Å². The smallest absolute Gasteiger partial charge is 0.305 e. The van der Waals surface area contributed by atoms with Crippen molar-refractivity contribution in [1.82, 2.24) is 0 Å². The summed E-state index contributed by atoms with van der Waals surface area (Å²) in [5.74, 6) is 2.94. The van der Waals surface area contributed by atoms with Crippen LogP contribution in [0.5, 0.6) is 0 Å². The lowest BCUT2D eigenvalue weighted by molar-refractivity contribution is -0.140. The summed E-state index contributed by atoms with van der Waals surface area (Å²) in [5, 5.41) is 0. The Morgan fingerprint density at radius 1 is 1.28 bits per heavy atom. The summed E-state index contributed by atoms with van der Waals surface area (Å²) < 4.78 is 4.81. The molecule has 0 radical (unpaired) electrons. The summed E-state index contributed by atoms with van der Waals surface area (Å²) >= 11 is 0. The van der Waals surface area contributed by atoms with Crippen molar-refractivity contribution in [1.29, 1.82) is 0 Å². The van der Waals surface area contributed by atoms with Gasteiger partial charge in [0.2, 0.25) is 0 Å². The summed E-state index contributed by atoms with van der Waals surface area (Å²) in [5.41, 5.74) is 4.99. The first-order valence-electron chi connectivity index (χ1n) is 12.0. The number of fused-ring (bicyclic) bond motifs is 1. The predicted molar refractivity (Wildman–Crippen MR) is 122 cm³/mol. The van der Waals surface area contributed by atoms with Gasteiger partial charge in [-0.05, 0) is 98.9 Å². The monoisotopic (exact) mass is 398 g/mol. The van der Waals surface area contributed by atoms with Gasteiger partial charge in [0.1, 0.15) is 0 Å². The van der Waals surface area contributed by atoms with Crippen LogP contribution in [0.15, 0.2) is 35.5 Å². The van der Waals surface area contributed by atoms with Crippen LogP contribution in [0.4, 0.5) is 0 Å². The van der Waals surface area contributed by atoms with Gasteiger partial charge in [-0.15, -0.1) is 0 Å². The van der Waals surface area contributed by atoms with Crippen LogP contribution in [0, 0.1) is 29.1 Å². The molecule has 0 spiro atoms. The molecule has 5 atom stereocenters. The molecule has 2 nitrogen and oxygen atoms in total. The van der Waals surface area contributed by atoms with Gasteiger partial charge < -0.3 is 4.74 Å². The van der Waals surface area contributed by atoms with Crippen LogP contribution in [-0.4, -0.2) is 13.1 Å². The molecule has 2 heteroatoms. The van der Waals surface area contributed by atoms with Gasteiger partial charge in [0.25, 0.3) is 0 Å². The van der Waals surface area contributed by atoms with Crippen molar-refractivity contribution in [2.45, 2.75) is 91.4 Å². The summed E-state index contributed by atoms with van der Waals surface area (Å²) in [7, 11) is 1.49. The number of esters is 1. The standard InChI is InChI=1S/C27H42O2/c1-19-11-12-20(2)23(18-19)14-13-22-9-7-17-27(4)24(15-16-25(22)27)21(3)8-6-10-26(28)29-5/h13-14,19,21,24-25H,2,6-12,15-18H2,1,3-5H3.